The maximum Gasteiger partial charge on any atom is 0.226 e. The lowest BCUT2D eigenvalue weighted by molar-refractivity contribution is -0.0511. The number of hydrogen-bond donors (Lipinski definition) is 5. The Balaban J connectivity index is 1.59. The van der Waals surface area contributed by atoms with Gasteiger partial charge in [-0.15, -0.1) is 0 Å². The summed E-state index contributed by atoms with van der Waals surface area (Å²) in [5.74, 6) is 0.740. The first-order chi connectivity index (χ1) is 14.0. The Hall–Kier alpha value is -2.79. The zero-order valence-corrected chi connectivity index (χ0v) is 15.9. The van der Waals surface area contributed by atoms with E-state index in [1.54, 1.807) is 0 Å². The normalized spacial score (nSPS) is 25.4. The van der Waals surface area contributed by atoms with Gasteiger partial charge in [-0.3, -0.25) is 4.57 Å². The first-order valence-corrected chi connectivity index (χ1v) is 9.41. The van der Waals surface area contributed by atoms with Crippen molar-refractivity contribution in [3.8, 4) is 0 Å². The molecular weight excluding hydrogens is 376 g/mol. The van der Waals surface area contributed by atoms with Gasteiger partial charge in [-0.1, -0.05) is 37.3 Å². The number of nitrogens with zero attached hydrogens (tertiary/aromatic N) is 4. The van der Waals surface area contributed by atoms with Crippen LogP contribution in [0.25, 0.3) is 11.2 Å². The lowest BCUT2D eigenvalue weighted by Crippen LogP contribution is -2.33. The maximum atomic E-state index is 10.3. The SMILES string of the molecule is CC(CNc1nc(N)c2ncn(C3O[C@H](CO)[C@@H](O)[C@H]3O)c2n1)c1ccccc1. The van der Waals surface area contributed by atoms with Crippen LogP contribution in [0.4, 0.5) is 11.8 Å². The predicted octanol–water partition coefficient (Wildman–Crippen LogP) is 0.236. The van der Waals surface area contributed by atoms with Gasteiger partial charge >= 0.3 is 0 Å². The number of ether oxygens (including phenoxy) is 1. The molecule has 0 bridgehead atoms. The minimum Gasteiger partial charge on any atom is -0.394 e. The van der Waals surface area contributed by atoms with Crippen molar-refractivity contribution in [2.45, 2.75) is 37.4 Å². The number of nitrogen functional groups attached to an aromatic ring is 1. The number of fused-ring (bicyclic) bond motifs is 1. The minimum absolute atomic E-state index is 0.190. The number of aliphatic hydroxyl groups excluding tert-OH is 3. The van der Waals surface area contributed by atoms with E-state index in [1.165, 1.54) is 16.5 Å². The average Bonchev–Trinajstić information content (AvgIpc) is 3.28. The van der Waals surface area contributed by atoms with Crippen molar-refractivity contribution in [1.82, 2.24) is 19.5 Å². The molecular formula is C19H24N6O4. The fraction of sp³-hybridized carbons (Fsp3) is 0.421. The minimum atomic E-state index is -1.24. The molecule has 0 aliphatic carbocycles. The summed E-state index contributed by atoms with van der Waals surface area (Å²) in [5.41, 5.74) is 7.96. The highest BCUT2D eigenvalue weighted by Crippen LogP contribution is 2.32. The van der Waals surface area contributed by atoms with Crippen LogP contribution in [0.15, 0.2) is 36.7 Å². The zero-order chi connectivity index (χ0) is 20.5. The molecule has 1 fully saturated rings. The van der Waals surface area contributed by atoms with Crippen LogP contribution in [0.2, 0.25) is 0 Å². The van der Waals surface area contributed by atoms with Gasteiger partial charge in [0.05, 0.1) is 12.9 Å². The number of nitrogens with two attached hydrogens (primary N) is 1. The van der Waals surface area contributed by atoms with Crippen LogP contribution < -0.4 is 11.1 Å². The van der Waals surface area contributed by atoms with Crippen molar-refractivity contribution >= 4 is 22.9 Å². The number of hydrogen-bond acceptors (Lipinski definition) is 9. The second-order valence-electron chi connectivity index (χ2n) is 7.18. The van der Waals surface area contributed by atoms with Gasteiger partial charge < -0.3 is 31.1 Å². The van der Waals surface area contributed by atoms with Gasteiger partial charge in [-0.2, -0.15) is 9.97 Å². The van der Waals surface area contributed by atoms with Crippen LogP contribution in [0.3, 0.4) is 0 Å². The van der Waals surface area contributed by atoms with Crippen molar-refractivity contribution in [3.05, 3.63) is 42.2 Å². The predicted molar refractivity (Wildman–Crippen MR) is 106 cm³/mol. The van der Waals surface area contributed by atoms with E-state index >= 15 is 0 Å². The lowest BCUT2D eigenvalue weighted by atomic mass is 10.0. The number of rotatable bonds is 6. The van der Waals surface area contributed by atoms with Crippen molar-refractivity contribution in [3.63, 3.8) is 0 Å². The number of aromatic nitrogens is 4. The Morgan fingerprint density at radius 1 is 1.21 bits per heavy atom. The lowest BCUT2D eigenvalue weighted by Gasteiger charge is -2.17. The van der Waals surface area contributed by atoms with E-state index in [2.05, 4.69) is 39.3 Å². The smallest absolute Gasteiger partial charge is 0.226 e. The fourth-order valence-corrected chi connectivity index (χ4v) is 3.46. The number of benzene rings is 1. The van der Waals surface area contributed by atoms with Gasteiger partial charge in [0.25, 0.3) is 0 Å². The molecule has 1 aromatic carbocycles. The summed E-state index contributed by atoms with van der Waals surface area (Å²) in [6, 6.07) is 10.1. The van der Waals surface area contributed by atoms with Crippen molar-refractivity contribution in [2.24, 2.45) is 0 Å². The highest BCUT2D eigenvalue weighted by atomic mass is 16.6. The molecule has 1 aliphatic heterocycles. The van der Waals surface area contributed by atoms with Crippen LogP contribution in [-0.2, 0) is 4.74 Å². The van der Waals surface area contributed by atoms with E-state index in [1.807, 2.05) is 18.2 Å². The molecule has 6 N–H and O–H groups in total. The van der Waals surface area contributed by atoms with E-state index in [-0.39, 0.29) is 11.7 Å². The molecule has 29 heavy (non-hydrogen) atoms. The summed E-state index contributed by atoms with van der Waals surface area (Å²) in [6.45, 7) is 2.27. The van der Waals surface area contributed by atoms with Crippen LogP contribution in [0.1, 0.15) is 24.6 Å². The van der Waals surface area contributed by atoms with Gasteiger partial charge in [0.15, 0.2) is 17.7 Å². The van der Waals surface area contributed by atoms with Crippen molar-refractivity contribution in [1.29, 1.82) is 0 Å². The Kier molecular flexibility index (Phi) is 5.33. The summed E-state index contributed by atoms with van der Waals surface area (Å²) in [7, 11) is 0. The van der Waals surface area contributed by atoms with Gasteiger partial charge in [-0.25, -0.2) is 4.98 Å². The molecule has 154 valence electrons. The Labute approximate surface area is 167 Å². The Morgan fingerprint density at radius 3 is 2.66 bits per heavy atom. The van der Waals surface area contributed by atoms with E-state index in [0.29, 0.717) is 23.7 Å². The van der Waals surface area contributed by atoms with Gasteiger partial charge in [0.2, 0.25) is 5.95 Å². The molecule has 0 spiro atoms. The maximum absolute atomic E-state index is 10.3. The largest absolute Gasteiger partial charge is 0.394 e. The second kappa shape index (κ2) is 7.91. The van der Waals surface area contributed by atoms with Crippen LogP contribution in [0.5, 0.6) is 0 Å². The highest BCUT2D eigenvalue weighted by Gasteiger charge is 2.44. The fourth-order valence-electron chi connectivity index (χ4n) is 3.46. The van der Waals surface area contributed by atoms with Crippen LogP contribution in [0, 0.1) is 0 Å². The standard InChI is InChI=1S/C19H24N6O4/c1-10(11-5-3-2-4-6-11)7-21-19-23-16(20)13-17(24-19)25(9-22-13)18-15(28)14(27)12(8-26)29-18/h2-6,9-10,12,14-15,18,26-28H,7-8H2,1H3,(H3,20,21,23,24)/t10?,12-,14-,15-,18?/m1/s1. The Morgan fingerprint density at radius 2 is 1.97 bits per heavy atom. The summed E-state index contributed by atoms with van der Waals surface area (Å²) < 4.78 is 7.06. The molecule has 1 aliphatic rings. The first-order valence-electron chi connectivity index (χ1n) is 9.41. The first kappa shape index (κ1) is 19.5. The number of aliphatic hydroxyl groups is 3. The van der Waals surface area contributed by atoms with Gasteiger partial charge in [-0.05, 0) is 11.5 Å². The molecule has 4 rings (SSSR count). The van der Waals surface area contributed by atoms with Crippen molar-refractivity contribution < 1.29 is 20.1 Å². The molecule has 10 nitrogen and oxygen atoms in total. The molecule has 10 heteroatoms. The average molecular weight is 400 g/mol. The molecule has 0 amide bonds. The summed E-state index contributed by atoms with van der Waals surface area (Å²) in [5, 5.41) is 32.8. The zero-order valence-electron chi connectivity index (χ0n) is 15.9. The van der Waals surface area contributed by atoms with Crippen LogP contribution in [-0.4, -0.2) is 66.3 Å². The van der Waals surface area contributed by atoms with E-state index in [9.17, 15) is 15.3 Å². The number of imidazole rings is 1. The summed E-state index contributed by atoms with van der Waals surface area (Å²) >= 11 is 0. The molecule has 2 aromatic heterocycles. The molecule has 0 radical (unpaired) electrons. The highest BCUT2D eigenvalue weighted by molar-refractivity contribution is 5.83. The van der Waals surface area contributed by atoms with Gasteiger partial charge in [0.1, 0.15) is 23.8 Å². The Bertz CT molecular complexity index is 981. The van der Waals surface area contributed by atoms with Crippen molar-refractivity contribution in [2.75, 3.05) is 24.2 Å². The molecule has 1 saturated heterocycles. The third kappa shape index (κ3) is 3.62. The number of nitrogens with one attached hydrogen (secondary N) is 1. The summed E-state index contributed by atoms with van der Waals surface area (Å²) in [6.07, 6.45) is -2.87. The molecule has 0 saturated carbocycles. The van der Waals surface area contributed by atoms with E-state index < -0.39 is 31.1 Å². The quantitative estimate of drug-likeness (QED) is 0.392. The molecule has 5 atom stereocenters. The van der Waals surface area contributed by atoms with Crippen LogP contribution >= 0.6 is 0 Å². The third-order valence-electron chi connectivity index (χ3n) is 5.17. The number of anilines is 2. The summed E-state index contributed by atoms with van der Waals surface area (Å²) in [4.78, 5) is 12.9. The molecule has 3 heterocycles. The topological polar surface area (TPSA) is 152 Å². The molecule has 3 aromatic rings. The second-order valence-corrected chi connectivity index (χ2v) is 7.18. The third-order valence-corrected chi connectivity index (χ3v) is 5.17. The van der Waals surface area contributed by atoms with Gasteiger partial charge in [0, 0.05) is 6.54 Å². The van der Waals surface area contributed by atoms with E-state index in [0.717, 1.165) is 0 Å². The monoisotopic (exact) mass is 400 g/mol. The molecule has 2 unspecified atom stereocenters. The van der Waals surface area contributed by atoms with E-state index in [4.69, 9.17) is 10.5 Å².